The molecule has 0 aliphatic rings. The van der Waals surface area contributed by atoms with Crippen LogP contribution >= 0.6 is 34.2 Å². The van der Waals surface area contributed by atoms with E-state index in [2.05, 4.69) is 38.0 Å². The summed E-state index contributed by atoms with van der Waals surface area (Å²) in [6.45, 7) is -1.25. The number of rotatable bonds is 6. The maximum atomic E-state index is 12.2. The number of carbonyl (C=O) groups excluding carboxylic acids is 1. The molecule has 2 aromatic rings. The van der Waals surface area contributed by atoms with Gasteiger partial charge >= 0.3 is 6.61 Å². The Balaban J connectivity index is 1.98. The Labute approximate surface area is 156 Å². The molecule has 0 fully saturated rings. The van der Waals surface area contributed by atoms with Crippen LogP contribution in [0.5, 0.6) is 5.75 Å². The molecule has 1 atom stereocenters. The summed E-state index contributed by atoms with van der Waals surface area (Å²) in [5.74, 6) is -0.429. The Kier molecular flexibility index (Phi) is 6.61. The van der Waals surface area contributed by atoms with E-state index in [1.54, 1.807) is 6.92 Å². The summed E-state index contributed by atoms with van der Waals surface area (Å²) in [5.41, 5.74) is 1.21. The highest BCUT2D eigenvalue weighted by molar-refractivity contribution is 14.1. The van der Waals surface area contributed by atoms with Gasteiger partial charge in [0, 0.05) is 14.9 Å². The second-order valence-electron chi connectivity index (χ2n) is 4.89. The van der Waals surface area contributed by atoms with Crippen molar-refractivity contribution in [1.82, 2.24) is 0 Å². The smallest absolute Gasteiger partial charge is 0.387 e. The first-order chi connectivity index (χ1) is 11.3. The van der Waals surface area contributed by atoms with Crippen LogP contribution in [-0.2, 0) is 4.79 Å². The zero-order valence-electron chi connectivity index (χ0n) is 12.5. The Morgan fingerprint density at radius 2 is 1.79 bits per heavy atom. The largest absolute Gasteiger partial charge is 0.433 e. The van der Waals surface area contributed by atoms with Gasteiger partial charge in [-0.2, -0.15) is 8.78 Å². The highest BCUT2D eigenvalue weighted by atomic mass is 127. The van der Waals surface area contributed by atoms with Crippen molar-refractivity contribution in [3.05, 3.63) is 51.1 Å². The Morgan fingerprint density at radius 3 is 2.38 bits per heavy atom. The van der Waals surface area contributed by atoms with Gasteiger partial charge < -0.3 is 15.4 Å². The molecule has 1 amide bonds. The van der Waals surface area contributed by atoms with E-state index in [1.165, 1.54) is 18.2 Å². The molecule has 0 aliphatic heterocycles. The van der Waals surface area contributed by atoms with Crippen LogP contribution in [0.1, 0.15) is 6.92 Å². The molecule has 0 saturated carbocycles. The molecule has 0 heterocycles. The van der Waals surface area contributed by atoms with Crippen LogP contribution in [0.2, 0.25) is 5.02 Å². The molecule has 24 heavy (non-hydrogen) atoms. The standard InChI is InChI=1S/C16H14ClF2IN2O2/c1-9(21-11-4-2-10(20)3-5-11)15(23)22-12-6-7-14(13(17)8-12)24-16(18)19/h2-9,16,21H,1H3,(H,22,23)/t9-/m1/s1. The summed E-state index contributed by atoms with van der Waals surface area (Å²) in [5, 5.41) is 5.73. The van der Waals surface area contributed by atoms with Gasteiger partial charge in [-0.25, -0.2) is 0 Å². The van der Waals surface area contributed by atoms with Crippen molar-refractivity contribution in [2.24, 2.45) is 0 Å². The summed E-state index contributed by atoms with van der Waals surface area (Å²) in [6, 6.07) is 11.2. The van der Waals surface area contributed by atoms with Gasteiger partial charge in [-0.1, -0.05) is 11.6 Å². The van der Waals surface area contributed by atoms with Gasteiger partial charge in [0.15, 0.2) is 0 Å². The summed E-state index contributed by atoms with van der Waals surface area (Å²) < 4.78 is 29.7. The number of anilines is 2. The number of nitrogens with one attached hydrogen (secondary N) is 2. The van der Waals surface area contributed by atoms with E-state index in [1.807, 2.05) is 24.3 Å². The zero-order valence-corrected chi connectivity index (χ0v) is 15.4. The van der Waals surface area contributed by atoms with Crippen LogP contribution in [0.3, 0.4) is 0 Å². The minimum atomic E-state index is -2.96. The molecule has 2 rings (SSSR count). The number of amides is 1. The Hall–Kier alpha value is -1.61. The molecule has 0 unspecified atom stereocenters. The van der Waals surface area contributed by atoms with Crippen LogP contribution < -0.4 is 15.4 Å². The molecule has 4 nitrogen and oxygen atoms in total. The highest BCUT2D eigenvalue weighted by Gasteiger charge is 2.14. The topological polar surface area (TPSA) is 50.4 Å². The number of carbonyl (C=O) groups is 1. The first-order valence-electron chi connectivity index (χ1n) is 6.92. The maximum Gasteiger partial charge on any atom is 0.387 e. The van der Waals surface area contributed by atoms with Gasteiger partial charge in [-0.3, -0.25) is 4.79 Å². The van der Waals surface area contributed by atoms with E-state index >= 15 is 0 Å². The normalized spacial score (nSPS) is 11.9. The third kappa shape index (κ3) is 5.48. The lowest BCUT2D eigenvalue weighted by Crippen LogP contribution is -2.31. The van der Waals surface area contributed by atoms with E-state index in [-0.39, 0.29) is 16.7 Å². The van der Waals surface area contributed by atoms with Gasteiger partial charge in [0.05, 0.1) is 5.02 Å². The molecule has 0 saturated heterocycles. The van der Waals surface area contributed by atoms with Gasteiger partial charge in [-0.05, 0) is 72.0 Å². The number of benzene rings is 2. The number of hydrogen-bond donors (Lipinski definition) is 2. The van der Waals surface area contributed by atoms with Crippen LogP contribution in [0.25, 0.3) is 0 Å². The Bertz CT molecular complexity index is 714. The van der Waals surface area contributed by atoms with Gasteiger partial charge in [0.1, 0.15) is 11.8 Å². The average Bonchev–Trinajstić information content (AvgIpc) is 2.52. The van der Waals surface area contributed by atoms with Gasteiger partial charge in [0.25, 0.3) is 0 Å². The first kappa shape index (κ1) is 18.7. The van der Waals surface area contributed by atoms with Crippen LogP contribution in [0.15, 0.2) is 42.5 Å². The van der Waals surface area contributed by atoms with Crippen LogP contribution in [0.4, 0.5) is 20.2 Å². The molecule has 0 bridgehead atoms. The number of halogens is 4. The fourth-order valence-electron chi connectivity index (χ4n) is 1.88. The monoisotopic (exact) mass is 466 g/mol. The lowest BCUT2D eigenvalue weighted by molar-refractivity contribution is -0.116. The van der Waals surface area contributed by atoms with Gasteiger partial charge in [-0.15, -0.1) is 0 Å². The van der Waals surface area contributed by atoms with E-state index in [4.69, 9.17) is 11.6 Å². The predicted molar refractivity (Wildman–Crippen MR) is 99.0 cm³/mol. The second-order valence-corrected chi connectivity index (χ2v) is 6.54. The lowest BCUT2D eigenvalue weighted by atomic mass is 10.2. The fraction of sp³-hybridized carbons (Fsp3) is 0.188. The molecule has 2 N–H and O–H groups in total. The Morgan fingerprint density at radius 1 is 1.17 bits per heavy atom. The fourth-order valence-corrected chi connectivity index (χ4v) is 2.47. The minimum absolute atomic E-state index is 0.00801. The highest BCUT2D eigenvalue weighted by Crippen LogP contribution is 2.29. The summed E-state index contributed by atoms with van der Waals surface area (Å²) in [7, 11) is 0. The molecule has 128 valence electrons. The third-order valence-electron chi connectivity index (χ3n) is 3.04. The summed E-state index contributed by atoms with van der Waals surface area (Å²) in [4.78, 5) is 12.2. The average molecular weight is 467 g/mol. The van der Waals surface area contributed by atoms with Crippen molar-refractivity contribution in [3.63, 3.8) is 0 Å². The van der Waals surface area contributed by atoms with E-state index in [9.17, 15) is 13.6 Å². The summed E-state index contributed by atoms with van der Waals surface area (Å²) in [6.07, 6.45) is 0. The van der Waals surface area contributed by atoms with Crippen molar-refractivity contribution >= 4 is 51.5 Å². The van der Waals surface area contributed by atoms with Crippen molar-refractivity contribution in [3.8, 4) is 5.75 Å². The number of alkyl halides is 2. The van der Waals surface area contributed by atoms with Crippen molar-refractivity contribution in [1.29, 1.82) is 0 Å². The molecule has 0 aromatic heterocycles. The molecular formula is C16H14ClF2IN2O2. The van der Waals surface area contributed by atoms with E-state index in [0.717, 1.165) is 9.26 Å². The van der Waals surface area contributed by atoms with Crippen molar-refractivity contribution in [2.45, 2.75) is 19.6 Å². The second kappa shape index (κ2) is 8.48. The van der Waals surface area contributed by atoms with Crippen LogP contribution in [-0.4, -0.2) is 18.6 Å². The van der Waals surface area contributed by atoms with Crippen LogP contribution in [0, 0.1) is 3.57 Å². The van der Waals surface area contributed by atoms with Crippen molar-refractivity contribution < 1.29 is 18.3 Å². The molecule has 8 heteroatoms. The predicted octanol–water partition coefficient (Wildman–Crippen LogP) is 4.99. The third-order valence-corrected chi connectivity index (χ3v) is 4.05. The minimum Gasteiger partial charge on any atom is -0.433 e. The van der Waals surface area contributed by atoms with E-state index in [0.29, 0.717) is 5.69 Å². The van der Waals surface area contributed by atoms with E-state index < -0.39 is 12.7 Å². The molecule has 0 radical (unpaired) electrons. The van der Waals surface area contributed by atoms with Crippen molar-refractivity contribution in [2.75, 3.05) is 10.6 Å². The summed E-state index contributed by atoms with van der Waals surface area (Å²) >= 11 is 8.05. The molecule has 0 aliphatic carbocycles. The quantitative estimate of drug-likeness (QED) is 0.590. The molecular weight excluding hydrogens is 453 g/mol. The molecule has 0 spiro atoms. The number of hydrogen-bond acceptors (Lipinski definition) is 3. The first-order valence-corrected chi connectivity index (χ1v) is 8.38. The van der Waals surface area contributed by atoms with Gasteiger partial charge in [0.2, 0.25) is 5.91 Å². The lowest BCUT2D eigenvalue weighted by Gasteiger charge is -2.16. The SMILES string of the molecule is C[C@@H](Nc1ccc(I)cc1)C(=O)Nc1ccc(OC(F)F)c(Cl)c1. The molecule has 2 aromatic carbocycles. The number of ether oxygens (including phenoxy) is 1. The maximum absolute atomic E-state index is 12.2. The zero-order chi connectivity index (χ0) is 17.7.